The fourth-order valence-corrected chi connectivity index (χ4v) is 5.30. The number of rotatable bonds is 7. The van der Waals surface area contributed by atoms with Crippen molar-refractivity contribution in [3.05, 3.63) is 82.3 Å². The molecule has 4 aromatic rings. The minimum atomic E-state index is -0.168. The van der Waals surface area contributed by atoms with Crippen LogP contribution in [0.15, 0.2) is 75.5 Å². The van der Waals surface area contributed by atoms with Gasteiger partial charge in [-0.3, -0.25) is 9.59 Å². The van der Waals surface area contributed by atoms with Crippen molar-refractivity contribution in [1.29, 1.82) is 0 Å². The molecule has 0 saturated carbocycles. The van der Waals surface area contributed by atoms with Gasteiger partial charge in [0.2, 0.25) is 5.91 Å². The van der Waals surface area contributed by atoms with Crippen LogP contribution in [-0.2, 0) is 4.79 Å². The van der Waals surface area contributed by atoms with Crippen LogP contribution in [0.4, 0.5) is 11.4 Å². The highest BCUT2D eigenvalue weighted by molar-refractivity contribution is 9.10. The molecule has 0 bridgehead atoms. The summed E-state index contributed by atoms with van der Waals surface area (Å²) in [6, 6.07) is 20.8. The molecule has 0 unspecified atom stereocenters. The summed E-state index contributed by atoms with van der Waals surface area (Å²) in [5, 5.41) is 5.85. The number of anilines is 2. The summed E-state index contributed by atoms with van der Waals surface area (Å²) in [4.78, 5) is 29.4. The first-order valence-electron chi connectivity index (χ1n) is 10.4. The van der Waals surface area contributed by atoms with Crippen molar-refractivity contribution in [3.8, 4) is 0 Å². The lowest BCUT2D eigenvalue weighted by Crippen LogP contribution is -2.13. The third-order valence-corrected chi connectivity index (χ3v) is 7.61. The highest BCUT2D eigenvalue weighted by Gasteiger charge is 2.11. The summed E-state index contributed by atoms with van der Waals surface area (Å²) in [5.41, 5.74) is 4.17. The Labute approximate surface area is 209 Å². The van der Waals surface area contributed by atoms with Gasteiger partial charge in [0, 0.05) is 21.4 Å². The maximum absolute atomic E-state index is 12.5. The van der Waals surface area contributed by atoms with Crippen molar-refractivity contribution >= 4 is 72.4 Å². The Balaban J connectivity index is 1.35. The van der Waals surface area contributed by atoms with Gasteiger partial charge in [0.1, 0.15) is 0 Å². The zero-order valence-corrected chi connectivity index (χ0v) is 21.3. The maximum Gasteiger partial charge on any atom is 0.255 e. The van der Waals surface area contributed by atoms with Crippen molar-refractivity contribution in [2.24, 2.45) is 0 Å². The SMILES string of the molecule is CC(C)c1ccc(NC(=O)CSc2nc3ccc(NC(=O)c4ccc(Br)cc4)cc3s2)cc1. The minimum absolute atomic E-state index is 0.0704. The lowest BCUT2D eigenvalue weighted by atomic mass is 10.0. The lowest BCUT2D eigenvalue weighted by molar-refractivity contribution is -0.113. The molecule has 8 heteroatoms. The predicted octanol–water partition coefficient (Wildman–Crippen LogP) is 7.17. The van der Waals surface area contributed by atoms with Crippen molar-refractivity contribution < 1.29 is 9.59 Å². The van der Waals surface area contributed by atoms with Crippen LogP contribution in [0.25, 0.3) is 10.2 Å². The van der Waals surface area contributed by atoms with Crippen LogP contribution in [-0.4, -0.2) is 22.6 Å². The highest BCUT2D eigenvalue weighted by atomic mass is 79.9. The summed E-state index contributed by atoms with van der Waals surface area (Å²) < 4.78 is 2.69. The number of halogens is 1. The molecule has 0 radical (unpaired) electrons. The van der Waals surface area contributed by atoms with Crippen LogP contribution < -0.4 is 10.6 Å². The number of thiazole rings is 1. The number of thioether (sulfide) groups is 1. The van der Waals surface area contributed by atoms with E-state index >= 15 is 0 Å². The largest absolute Gasteiger partial charge is 0.325 e. The predicted molar refractivity (Wildman–Crippen MR) is 142 cm³/mol. The molecule has 2 amide bonds. The van der Waals surface area contributed by atoms with Crippen molar-refractivity contribution in [2.75, 3.05) is 16.4 Å². The maximum atomic E-state index is 12.5. The van der Waals surface area contributed by atoms with Gasteiger partial charge in [-0.15, -0.1) is 11.3 Å². The Hall–Kier alpha value is -2.68. The topological polar surface area (TPSA) is 71.1 Å². The minimum Gasteiger partial charge on any atom is -0.325 e. The van der Waals surface area contributed by atoms with Crippen molar-refractivity contribution in [1.82, 2.24) is 4.98 Å². The molecule has 0 saturated heterocycles. The van der Waals surface area contributed by atoms with E-state index in [1.807, 2.05) is 54.6 Å². The molecule has 1 aromatic heterocycles. The lowest BCUT2D eigenvalue weighted by Gasteiger charge is -2.08. The Kier molecular flexibility index (Phi) is 7.47. The van der Waals surface area contributed by atoms with E-state index < -0.39 is 0 Å². The molecule has 33 heavy (non-hydrogen) atoms. The zero-order chi connectivity index (χ0) is 23.4. The van der Waals surface area contributed by atoms with Gasteiger partial charge in [-0.1, -0.05) is 53.7 Å². The Bertz CT molecular complexity index is 1290. The summed E-state index contributed by atoms with van der Waals surface area (Å²) in [5.74, 6) is 0.496. The smallest absolute Gasteiger partial charge is 0.255 e. The first kappa shape index (κ1) is 23.5. The number of fused-ring (bicyclic) bond motifs is 1. The molecule has 1 heterocycles. The standard InChI is InChI=1S/C25H22BrN3O2S2/c1-15(2)16-5-9-19(10-6-16)27-23(30)14-32-25-29-21-12-11-20(13-22(21)33-25)28-24(31)17-3-7-18(26)8-4-17/h3-13,15H,14H2,1-2H3,(H,27,30)(H,28,31). The third kappa shape index (κ3) is 6.22. The van der Waals surface area contributed by atoms with Gasteiger partial charge in [0.25, 0.3) is 5.91 Å². The molecule has 0 aliphatic carbocycles. The van der Waals surface area contributed by atoms with Crippen molar-refractivity contribution in [3.63, 3.8) is 0 Å². The van der Waals surface area contributed by atoms with E-state index in [2.05, 4.69) is 45.4 Å². The first-order valence-corrected chi connectivity index (χ1v) is 13.0. The van der Waals surface area contributed by atoms with Gasteiger partial charge in [-0.2, -0.15) is 0 Å². The number of amides is 2. The van der Waals surface area contributed by atoms with Gasteiger partial charge in [0.05, 0.1) is 16.0 Å². The number of nitrogens with one attached hydrogen (secondary N) is 2. The van der Waals surface area contributed by atoms with Crippen LogP contribution in [0.5, 0.6) is 0 Å². The van der Waals surface area contributed by atoms with Gasteiger partial charge >= 0.3 is 0 Å². The van der Waals surface area contributed by atoms with Crippen LogP contribution in [0.3, 0.4) is 0 Å². The number of hydrogen-bond acceptors (Lipinski definition) is 5. The molecule has 4 rings (SSSR count). The molecule has 2 N–H and O–H groups in total. The molecule has 3 aromatic carbocycles. The average Bonchev–Trinajstić information content (AvgIpc) is 3.21. The van der Waals surface area contributed by atoms with E-state index in [0.717, 1.165) is 24.7 Å². The summed E-state index contributed by atoms with van der Waals surface area (Å²) in [7, 11) is 0. The monoisotopic (exact) mass is 539 g/mol. The Morgan fingerprint density at radius 2 is 1.67 bits per heavy atom. The second kappa shape index (κ2) is 10.5. The number of aromatic nitrogens is 1. The number of nitrogens with zero attached hydrogens (tertiary/aromatic N) is 1. The molecule has 0 spiro atoms. The van der Waals surface area contributed by atoms with E-state index in [1.54, 1.807) is 12.1 Å². The van der Waals surface area contributed by atoms with Crippen LogP contribution in [0.2, 0.25) is 0 Å². The first-order chi connectivity index (χ1) is 15.9. The van der Waals surface area contributed by atoms with Gasteiger partial charge in [0.15, 0.2) is 4.34 Å². The van der Waals surface area contributed by atoms with Gasteiger partial charge in [-0.25, -0.2) is 4.98 Å². The van der Waals surface area contributed by atoms with E-state index in [1.165, 1.54) is 28.7 Å². The van der Waals surface area contributed by atoms with E-state index in [9.17, 15) is 9.59 Å². The summed E-state index contributed by atoms with van der Waals surface area (Å²) in [6.07, 6.45) is 0. The molecule has 5 nitrogen and oxygen atoms in total. The number of carbonyl (C=O) groups excluding carboxylic acids is 2. The quantitative estimate of drug-likeness (QED) is 0.244. The number of carbonyl (C=O) groups is 2. The van der Waals surface area contributed by atoms with Crippen LogP contribution in [0, 0.1) is 0 Å². The van der Waals surface area contributed by atoms with Crippen LogP contribution in [0.1, 0.15) is 35.7 Å². The molecular formula is C25H22BrN3O2S2. The Morgan fingerprint density at radius 1 is 0.970 bits per heavy atom. The second-order valence-electron chi connectivity index (χ2n) is 7.74. The summed E-state index contributed by atoms with van der Waals surface area (Å²) >= 11 is 6.28. The second-order valence-corrected chi connectivity index (χ2v) is 10.9. The fraction of sp³-hybridized carbons (Fsp3) is 0.160. The highest BCUT2D eigenvalue weighted by Crippen LogP contribution is 2.31. The fourth-order valence-electron chi connectivity index (χ4n) is 3.12. The summed E-state index contributed by atoms with van der Waals surface area (Å²) in [6.45, 7) is 4.28. The van der Waals surface area contributed by atoms with Gasteiger partial charge < -0.3 is 10.6 Å². The zero-order valence-electron chi connectivity index (χ0n) is 18.1. The molecule has 0 aliphatic rings. The van der Waals surface area contributed by atoms with E-state index in [0.29, 0.717) is 17.2 Å². The van der Waals surface area contributed by atoms with E-state index in [4.69, 9.17) is 0 Å². The number of benzene rings is 3. The van der Waals surface area contributed by atoms with E-state index in [-0.39, 0.29) is 17.6 Å². The number of hydrogen-bond donors (Lipinski definition) is 2. The van der Waals surface area contributed by atoms with Crippen molar-refractivity contribution in [2.45, 2.75) is 24.1 Å². The molecule has 168 valence electrons. The molecule has 0 atom stereocenters. The Morgan fingerprint density at radius 3 is 2.36 bits per heavy atom. The van der Waals surface area contributed by atoms with Crippen LogP contribution >= 0.6 is 39.0 Å². The molecule has 0 fully saturated rings. The third-order valence-electron chi connectivity index (χ3n) is 4.92. The molecule has 0 aliphatic heterocycles. The van der Waals surface area contributed by atoms with Gasteiger partial charge in [-0.05, 0) is 66.1 Å². The normalized spacial score (nSPS) is 11.0. The average molecular weight is 541 g/mol. The molecular weight excluding hydrogens is 518 g/mol.